The largest absolute Gasteiger partial charge is 0.459 e. The molecule has 82 valence electrons. The van der Waals surface area contributed by atoms with Crippen molar-refractivity contribution >= 4 is 11.7 Å². The zero-order valence-corrected chi connectivity index (χ0v) is 9.00. The molecule has 0 radical (unpaired) electrons. The van der Waals surface area contributed by atoms with E-state index >= 15 is 0 Å². The third-order valence-electron chi connectivity index (χ3n) is 1.81. The average molecular weight is 211 g/mol. The van der Waals surface area contributed by atoms with Crippen LogP contribution in [0.1, 0.15) is 29.8 Å². The highest BCUT2D eigenvalue weighted by atomic mass is 19.1. The first-order chi connectivity index (χ1) is 6.91. The number of anilines is 1. The van der Waals surface area contributed by atoms with E-state index < -0.39 is 11.8 Å². The molecule has 0 aliphatic carbocycles. The molecule has 0 heterocycles. The molecule has 1 aromatic carbocycles. The first-order valence-electron chi connectivity index (χ1n) is 4.68. The Morgan fingerprint density at radius 3 is 2.53 bits per heavy atom. The normalized spacial score (nSPS) is 10.5. The minimum atomic E-state index is -0.722. The van der Waals surface area contributed by atoms with Crippen LogP contribution in [0.15, 0.2) is 12.1 Å². The maximum Gasteiger partial charge on any atom is 0.343 e. The lowest BCUT2D eigenvalue weighted by atomic mass is 10.1. The Labute approximate surface area is 88.0 Å². The topological polar surface area (TPSA) is 52.3 Å². The maximum atomic E-state index is 13.4. The van der Waals surface area contributed by atoms with Crippen LogP contribution in [0.4, 0.5) is 10.1 Å². The molecule has 0 unspecified atom stereocenters. The van der Waals surface area contributed by atoms with Crippen molar-refractivity contribution in [2.24, 2.45) is 0 Å². The van der Waals surface area contributed by atoms with Crippen molar-refractivity contribution in [3.8, 4) is 0 Å². The molecule has 0 aromatic heterocycles. The number of carbonyl (C=O) groups is 1. The summed E-state index contributed by atoms with van der Waals surface area (Å²) in [6, 6.07) is 2.80. The molecule has 0 bridgehead atoms. The third-order valence-corrected chi connectivity index (χ3v) is 1.81. The van der Waals surface area contributed by atoms with E-state index in [1.165, 1.54) is 6.07 Å². The Balaban J connectivity index is 3.09. The van der Waals surface area contributed by atoms with Gasteiger partial charge in [0.05, 0.1) is 6.10 Å². The van der Waals surface area contributed by atoms with Gasteiger partial charge in [-0.05, 0) is 38.5 Å². The summed E-state index contributed by atoms with van der Waals surface area (Å²) >= 11 is 0. The van der Waals surface area contributed by atoms with E-state index in [4.69, 9.17) is 10.5 Å². The molecule has 0 saturated carbocycles. The first kappa shape index (κ1) is 11.5. The summed E-state index contributed by atoms with van der Waals surface area (Å²) in [5, 5.41) is 0. The van der Waals surface area contributed by atoms with Gasteiger partial charge in [0.1, 0.15) is 11.4 Å². The third kappa shape index (κ3) is 2.68. The van der Waals surface area contributed by atoms with Gasteiger partial charge in [-0.1, -0.05) is 0 Å². The van der Waals surface area contributed by atoms with E-state index in [0.29, 0.717) is 5.56 Å². The van der Waals surface area contributed by atoms with Gasteiger partial charge in [-0.3, -0.25) is 0 Å². The second-order valence-corrected chi connectivity index (χ2v) is 3.67. The van der Waals surface area contributed by atoms with Crippen LogP contribution in [0.25, 0.3) is 0 Å². The number of carbonyl (C=O) groups excluding carboxylic acids is 1. The SMILES string of the molecule is Cc1cc(N)c(C(=O)OC(C)C)c(F)c1. The number of hydrogen-bond acceptors (Lipinski definition) is 3. The van der Waals surface area contributed by atoms with Crippen LogP contribution in [0.2, 0.25) is 0 Å². The standard InChI is InChI=1S/C11H14FNO2/c1-6(2)15-11(14)10-8(12)4-7(3)5-9(10)13/h4-6H,13H2,1-3H3. The van der Waals surface area contributed by atoms with Gasteiger partial charge >= 0.3 is 5.97 Å². The fraction of sp³-hybridized carbons (Fsp3) is 0.364. The molecule has 0 spiro atoms. The van der Waals surface area contributed by atoms with Crippen molar-refractivity contribution in [1.29, 1.82) is 0 Å². The smallest absolute Gasteiger partial charge is 0.343 e. The molecule has 1 aromatic rings. The second kappa shape index (κ2) is 4.29. The average Bonchev–Trinajstić information content (AvgIpc) is 1.99. The fourth-order valence-corrected chi connectivity index (χ4v) is 1.26. The van der Waals surface area contributed by atoms with Crippen LogP contribution in [0.3, 0.4) is 0 Å². The number of hydrogen-bond donors (Lipinski definition) is 1. The van der Waals surface area contributed by atoms with Crippen LogP contribution in [-0.2, 0) is 4.74 Å². The van der Waals surface area contributed by atoms with Crippen LogP contribution in [0, 0.1) is 12.7 Å². The quantitative estimate of drug-likeness (QED) is 0.603. The van der Waals surface area contributed by atoms with Gasteiger partial charge in [-0.15, -0.1) is 0 Å². The van der Waals surface area contributed by atoms with Gasteiger partial charge in [-0.25, -0.2) is 9.18 Å². The van der Waals surface area contributed by atoms with Crippen molar-refractivity contribution in [1.82, 2.24) is 0 Å². The molecule has 2 N–H and O–H groups in total. The molecule has 0 atom stereocenters. The minimum absolute atomic E-state index is 0.109. The number of nitrogen functional groups attached to an aromatic ring is 1. The van der Waals surface area contributed by atoms with Gasteiger partial charge in [0.15, 0.2) is 0 Å². The summed E-state index contributed by atoms with van der Waals surface area (Å²) in [5.74, 6) is -1.36. The maximum absolute atomic E-state index is 13.4. The van der Waals surface area contributed by atoms with Crippen molar-refractivity contribution in [3.05, 3.63) is 29.1 Å². The van der Waals surface area contributed by atoms with E-state index in [1.54, 1.807) is 26.8 Å². The van der Waals surface area contributed by atoms with Gasteiger partial charge in [-0.2, -0.15) is 0 Å². The zero-order chi connectivity index (χ0) is 11.6. The van der Waals surface area contributed by atoms with E-state index in [0.717, 1.165) is 0 Å². The van der Waals surface area contributed by atoms with Crippen LogP contribution in [-0.4, -0.2) is 12.1 Å². The summed E-state index contributed by atoms with van der Waals surface area (Å²) in [6.45, 7) is 5.09. The Hall–Kier alpha value is -1.58. The van der Waals surface area contributed by atoms with Gasteiger partial charge < -0.3 is 10.5 Å². The fourth-order valence-electron chi connectivity index (χ4n) is 1.26. The molecular weight excluding hydrogens is 197 g/mol. The number of rotatable bonds is 2. The van der Waals surface area contributed by atoms with E-state index in [2.05, 4.69) is 0 Å². The van der Waals surface area contributed by atoms with Crippen molar-refractivity contribution in [2.45, 2.75) is 26.9 Å². The number of aryl methyl sites for hydroxylation is 1. The highest BCUT2D eigenvalue weighted by molar-refractivity contribution is 5.95. The number of nitrogens with two attached hydrogens (primary N) is 1. The summed E-state index contributed by atoms with van der Waals surface area (Å²) in [5.41, 5.74) is 6.15. The van der Waals surface area contributed by atoms with E-state index in [9.17, 15) is 9.18 Å². The number of halogens is 1. The molecule has 0 aliphatic heterocycles. The zero-order valence-electron chi connectivity index (χ0n) is 9.00. The van der Waals surface area contributed by atoms with Crippen molar-refractivity contribution < 1.29 is 13.9 Å². The lowest BCUT2D eigenvalue weighted by molar-refractivity contribution is 0.0374. The number of ether oxygens (including phenoxy) is 1. The van der Waals surface area contributed by atoms with Crippen LogP contribution < -0.4 is 5.73 Å². The Morgan fingerprint density at radius 2 is 2.07 bits per heavy atom. The Morgan fingerprint density at radius 1 is 1.47 bits per heavy atom. The van der Waals surface area contributed by atoms with Gasteiger partial charge in [0.2, 0.25) is 0 Å². The van der Waals surface area contributed by atoms with Crippen molar-refractivity contribution in [2.75, 3.05) is 5.73 Å². The van der Waals surface area contributed by atoms with E-state index in [1.807, 2.05) is 0 Å². The molecule has 4 heteroatoms. The molecule has 3 nitrogen and oxygen atoms in total. The molecule has 0 amide bonds. The Kier molecular flexibility index (Phi) is 3.29. The Bertz CT molecular complexity index is 365. The predicted octanol–water partition coefficient (Wildman–Crippen LogP) is 2.28. The number of benzene rings is 1. The number of esters is 1. The monoisotopic (exact) mass is 211 g/mol. The minimum Gasteiger partial charge on any atom is -0.459 e. The van der Waals surface area contributed by atoms with Crippen LogP contribution in [0.5, 0.6) is 0 Å². The van der Waals surface area contributed by atoms with Crippen molar-refractivity contribution in [3.63, 3.8) is 0 Å². The predicted molar refractivity (Wildman–Crippen MR) is 56.1 cm³/mol. The summed E-state index contributed by atoms with van der Waals surface area (Å²) in [4.78, 5) is 11.5. The van der Waals surface area contributed by atoms with Crippen LogP contribution >= 0.6 is 0 Å². The molecular formula is C11H14FNO2. The molecule has 1 rings (SSSR count). The van der Waals surface area contributed by atoms with Gasteiger partial charge in [0, 0.05) is 5.69 Å². The van der Waals surface area contributed by atoms with E-state index in [-0.39, 0.29) is 17.4 Å². The second-order valence-electron chi connectivity index (χ2n) is 3.67. The van der Waals surface area contributed by atoms with Gasteiger partial charge in [0.25, 0.3) is 0 Å². The molecule has 15 heavy (non-hydrogen) atoms. The highest BCUT2D eigenvalue weighted by Crippen LogP contribution is 2.19. The molecule has 0 saturated heterocycles. The molecule has 0 fully saturated rings. The molecule has 0 aliphatic rings. The first-order valence-corrected chi connectivity index (χ1v) is 4.68. The lowest BCUT2D eigenvalue weighted by Gasteiger charge is -2.10. The lowest BCUT2D eigenvalue weighted by Crippen LogP contribution is -2.15. The summed E-state index contributed by atoms with van der Waals surface area (Å²) < 4.78 is 18.3. The summed E-state index contributed by atoms with van der Waals surface area (Å²) in [7, 11) is 0. The highest BCUT2D eigenvalue weighted by Gasteiger charge is 2.18. The summed E-state index contributed by atoms with van der Waals surface area (Å²) in [6.07, 6.45) is -0.294.